The van der Waals surface area contributed by atoms with E-state index in [1.165, 1.54) is 12.8 Å². The fraction of sp³-hybridized carbons (Fsp3) is 0.700. The molecule has 1 heterocycles. The number of carbonyl (C=O) groups excluding carboxylic acids is 1. The van der Waals surface area contributed by atoms with Crippen LogP contribution in [0.5, 0.6) is 0 Å². The summed E-state index contributed by atoms with van der Waals surface area (Å²) in [5.74, 6) is 0.335. The minimum atomic E-state index is -0.0659. The van der Waals surface area contributed by atoms with Crippen LogP contribution in [0.15, 0.2) is 9.15 Å². The smallest absolute Gasteiger partial charge is 0.335 e. The zero-order valence-corrected chi connectivity index (χ0v) is 9.84. The first kappa shape index (κ1) is 9.49. The highest BCUT2D eigenvalue weighted by molar-refractivity contribution is 14.1. The summed E-state index contributed by atoms with van der Waals surface area (Å²) >= 11 is 2.23. The van der Waals surface area contributed by atoms with E-state index in [4.69, 9.17) is 4.74 Å². The molecule has 0 radical (unpaired) electrons. The Morgan fingerprint density at radius 2 is 2.15 bits per heavy atom. The van der Waals surface area contributed by atoms with Gasteiger partial charge in [-0.15, -0.1) is 0 Å². The zero-order chi connectivity index (χ0) is 9.42. The number of ether oxygens (including phenoxy) is 1. The Morgan fingerprint density at radius 3 is 2.85 bits per heavy atom. The van der Waals surface area contributed by atoms with Crippen molar-refractivity contribution in [3.8, 4) is 0 Å². The van der Waals surface area contributed by atoms with Crippen molar-refractivity contribution in [3.05, 3.63) is 9.15 Å². The fourth-order valence-electron chi connectivity index (χ4n) is 2.32. The quantitative estimate of drug-likeness (QED) is 0.390. The van der Waals surface area contributed by atoms with Crippen LogP contribution in [0.2, 0.25) is 0 Å². The fourth-order valence-corrected chi connectivity index (χ4v) is 2.94. The van der Waals surface area contributed by atoms with Crippen LogP contribution in [0.4, 0.5) is 0 Å². The second-order valence-corrected chi connectivity index (χ2v) is 5.40. The zero-order valence-electron chi connectivity index (χ0n) is 7.68. The Hall–Kier alpha value is -0.0600. The maximum absolute atomic E-state index is 11.5. The van der Waals surface area contributed by atoms with Crippen LogP contribution in [0, 0.1) is 5.92 Å². The minimum absolute atomic E-state index is 0.0659. The lowest BCUT2D eigenvalue weighted by Crippen LogP contribution is -2.20. The molecule has 2 fully saturated rings. The van der Waals surface area contributed by atoms with Crippen molar-refractivity contribution >= 4 is 28.6 Å². The average Bonchev–Trinajstić information content (AvgIpc) is 2.39. The van der Waals surface area contributed by atoms with Crippen LogP contribution >= 0.6 is 22.6 Å². The van der Waals surface area contributed by atoms with Gasteiger partial charge in [-0.2, -0.15) is 0 Å². The summed E-state index contributed by atoms with van der Waals surface area (Å²) in [6.07, 6.45) is 4.84. The van der Waals surface area contributed by atoms with Gasteiger partial charge in [0.1, 0.15) is 6.10 Å². The minimum Gasteiger partial charge on any atom is -0.458 e. The molecule has 1 aliphatic heterocycles. The van der Waals surface area contributed by atoms with Gasteiger partial charge in [0, 0.05) is 5.92 Å². The first-order valence-electron chi connectivity index (χ1n) is 4.77. The number of rotatable bonds is 0. The van der Waals surface area contributed by atoms with Gasteiger partial charge in [0.15, 0.2) is 0 Å². The number of esters is 1. The maximum atomic E-state index is 11.5. The topological polar surface area (TPSA) is 26.3 Å². The number of halogens is 1. The van der Waals surface area contributed by atoms with Crippen LogP contribution in [0.25, 0.3) is 0 Å². The van der Waals surface area contributed by atoms with E-state index >= 15 is 0 Å². The SMILES string of the molecule is C/C(I)=C1\C(=O)O[C@H]2CCCC[C@@H]12. The maximum Gasteiger partial charge on any atom is 0.335 e. The monoisotopic (exact) mass is 292 g/mol. The van der Waals surface area contributed by atoms with Crippen molar-refractivity contribution in [3.63, 3.8) is 0 Å². The molecule has 0 aromatic rings. The first-order valence-corrected chi connectivity index (χ1v) is 5.85. The number of hydrogen-bond donors (Lipinski definition) is 0. The highest BCUT2D eigenvalue weighted by atomic mass is 127. The van der Waals surface area contributed by atoms with Gasteiger partial charge < -0.3 is 4.74 Å². The Bertz CT molecular complexity index is 266. The van der Waals surface area contributed by atoms with E-state index in [9.17, 15) is 4.79 Å². The standard InChI is InChI=1S/C10H13IO2/c1-6(11)9-7-4-2-3-5-8(7)13-10(9)12/h7-8H,2-5H2,1H3/b9-6+/t7-,8+/m1/s1. The third kappa shape index (κ3) is 1.63. The van der Waals surface area contributed by atoms with Crippen molar-refractivity contribution in [2.45, 2.75) is 38.7 Å². The Kier molecular flexibility index (Phi) is 2.62. The molecule has 0 bridgehead atoms. The summed E-state index contributed by atoms with van der Waals surface area (Å²) < 4.78 is 6.45. The number of carbonyl (C=O) groups is 1. The molecule has 2 atom stereocenters. The third-order valence-corrected chi connectivity index (χ3v) is 3.50. The van der Waals surface area contributed by atoms with E-state index in [2.05, 4.69) is 22.6 Å². The number of fused-ring (bicyclic) bond motifs is 1. The molecule has 1 saturated heterocycles. The summed E-state index contributed by atoms with van der Waals surface area (Å²) in [5.41, 5.74) is 0.949. The van der Waals surface area contributed by atoms with Crippen LogP contribution in [-0.4, -0.2) is 12.1 Å². The molecule has 0 unspecified atom stereocenters. The molecule has 0 aromatic carbocycles. The van der Waals surface area contributed by atoms with E-state index in [-0.39, 0.29) is 12.1 Å². The highest BCUT2D eigenvalue weighted by Gasteiger charge is 2.41. The second-order valence-electron chi connectivity index (χ2n) is 3.78. The molecule has 0 amide bonds. The largest absolute Gasteiger partial charge is 0.458 e. The van der Waals surface area contributed by atoms with Crippen LogP contribution in [0.1, 0.15) is 32.6 Å². The summed E-state index contributed by atoms with van der Waals surface area (Å²) in [7, 11) is 0. The van der Waals surface area contributed by atoms with E-state index < -0.39 is 0 Å². The van der Waals surface area contributed by atoms with Crippen molar-refractivity contribution in [1.29, 1.82) is 0 Å². The molecule has 2 aliphatic rings. The van der Waals surface area contributed by atoms with E-state index in [1.54, 1.807) is 0 Å². The van der Waals surface area contributed by atoms with Crippen LogP contribution < -0.4 is 0 Å². The van der Waals surface area contributed by atoms with Gasteiger partial charge in [-0.3, -0.25) is 0 Å². The van der Waals surface area contributed by atoms with E-state index in [0.717, 1.165) is 22.0 Å². The Balaban J connectivity index is 2.29. The number of hydrogen-bond acceptors (Lipinski definition) is 2. The molecule has 2 nitrogen and oxygen atoms in total. The Labute approximate surface area is 91.9 Å². The summed E-state index contributed by atoms with van der Waals surface area (Å²) in [5, 5.41) is 0. The molecule has 3 heteroatoms. The summed E-state index contributed by atoms with van der Waals surface area (Å²) in [4.78, 5) is 11.5. The van der Waals surface area contributed by atoms with Gasteiger partial charge in [0.2, 0.25) is 0 Å². The van der Waals surface area contributed by atoms with E-state index in [0.29, 0.717) is 5.92 Å². The van der Waals surface area contributed by atoms with Gasteiger partial charge in [-0.05, 0) is 52.4 Å². The highest BCUT2D eigenvalue weighted by Crippen LogP contribution is 2.40. The first-order chi connectivity index (χ1) is 6.20. The molecule has 0 spiro atoms. The molecular formula is C10H13IO2. The van der Waals surface area contributed by atoms with Crippen molar-refractivity contribution in [2.24, 2.45) is 5.92 Å². The average molecular weight is 292 g/mol. The summed E-state index contributed by atoms with van der Waals surface area (Å²) in [6.45, 7) is 1.99. The molecule has 2 rings (SSSR count). The van der Waals surface area contributed by atoms with Crippen LogP contribution in [-0.2, 0) is 9.53 Å². The molecule has 0 N–H and O–H groups in total. The number of allylic oxidation sites excluding steroid dienone is 1. The lowest BCUT2D eigenvalue weighted by atomic mass is 9.83. The summed E-state index contributed by atoms with van der Waals surface area (Å²) in [6, 6.07) is 0. The molecule has 72 valence electrons. The Morgan fingerprint density at radius 1 is 1.46 bits per heavy atom. The van der Waals surface area contributed by atoms with Gasteiger partial charge in [-0.1, -0.05) is 6.42 Å². The lowest BCUT2D eigenvalue weighted by Gasteiger charge is -2.22. The van der Waals surface area contributed by atoms with Gasteiger partial charge in [0.05, 0.1) is 5.57 Å². The second kappa shape index (κ2) is 3.59. The van der Waals surface area contributed by atoms with Gasteiger partial charge in [0.25, 0.3) is 0 Å². The molecule has 13 heavy (non-hydrogen) atoms. The molecular weight excluding hydrogens is 279 g/mol. The van der Waals surface area contributed by atoms with Crippen molar-refractivity contribution in [2.75, 3.05) is 0 Å². The van der Waals surface area contributed by atoms with Crippen molar-refractivity contribution < 1.29 is 9.53 Å². The van der Waals surface area contributed by atoms with E-state index in [1.807, 2.05) is 6.92 Å². The molecule has 1 saturated carbocycles. The molecule has 1 aliphatic carbocycles. The third-order valence-electron chi connectivity index (χ3n) is 2.92. The van der Waals surface area contributed by atoms with Gasteiger partial charge >= 0.3 is 5.97 Å². The molecule has 0 aromatic heterocycles. The predicted molar refractivity (Wildman–Crippen MR) is 58.6 cm³/mol. The van der Waals surface area contributed by atoms with Crippen molar-refractivity contribution in [1.82, 2.24) is 0 Å². The van der Waals surface area contributed by atoms with Crippen LogP contribution in [0.3, 0.4) is 0 Å². The predicted octanol–water partition coefficient (Wildman–Crippen LogP) is 2.81. The van der Waals surface area contributed by atoms with Gasteiger partial charge in [-0.25, -0.2) is 4.79 Å². The normalized spacial score (nSPS) is 36.9. The lowest BCUT2D eigenvalue weighted by molar-refractivity contribution is -0.139.